The lowest BCUT2D eigenvalue weighted by atomic mass is 10.1. The number of ether oxygens (including phenoxy) is 2. The Hall–Kier alpha value is -2.79. The molecule has 0 fully saturated rings. The summed E-state index contributed by atoms with van der Waals surface area (Å²) in [7, 11) is 4.02. The van der Waals surface area contributed by atoms with Gasteiger partial charge in [0.25, 0.3) is 0 Å². The van der Waals surface area contributed by atoms with E-state index in [1.54, 1.807) is 0 Å². The van der Waals surface area contributed by atoms with E-state index >= 15 is 0 Å². The van der Waals surface area contributed by atoms with E-state index in [1.807, 2.05) is 46.1 Å². The van der Waals surface area contributed by atoms with E-state index in [1.165, 1.54) is 5.56 Å². The average molecular weight is 380 g/mol. The van der Waals surface area contributed by atoms with E-state index in [9.17, 15) is 4.79 Å². The normalized spacial score (nSPS) is 11.2. The van der Waals surface area contributed by atoms with Crippen molar-refractivity contribution in [1.82, 2.24) is 9.47 Å². The van der Waals surface area contributed by atoms with Crippen LogP contribution >= 0.6 is 0 Å². The third-order valence-corrected chi connectivity index (χ3v) is 4.75. The van der Waals surface area contributed by atoms with Crippen LogP contribution in [0.1, 0.15) is 28.5 Å². The maximum absolute atomic E-state index is 12.7. The molecule has 2 aromatic carbocycles. The summed E-state index contributed by atoms with van der Waals surface area (Å²) >= 11 is 0. The number of hydrogen-bond acceptors (Lipinski definition) is 4. The highest BCUT2D eigenvalue weighted by Gasteiger charge is 2.22. The third-order valence-electron chi connectivity index (χ3n) is 4.75. The zero-order valence-corrected chi connectivity index (χ0v) is 17.3. The summed E-state index contributed by atoms with van der Waals surface area (Å²) < 4.78 is 13.3. The Bertz CT molecular complexity index is 972. The van der Waals surface area contributed by atoms with Crippen LogP contribution in [0, 0.1) is 13.8 Å². The van der Waals surface area contributed by atoms with Crippen molar-refractivity contribution in [2.45, 2.75) is 20.8 Å². The van der Waals surface area contributed by atoms with Gasteiger partial charge in [0.05, 0.1) is 17.7 Å². The fourth-order valence-corrected chi connectivity index (χ4v) is 3.32. The van der Waals surface area contributed by atoms with Crippen LogP contribution in [0.2, 0.25) is 0 Å². The molecule has 0 saturated carbocycles. The second-order valence-corrected chi connectivity index (χ2v) is 7.18. The van der Waals surface area contributed by atoms with Crippen molar-refractivity contribution < 1.29 is 14.3 Å². The van der Waals surface area contributed by atoms with Crippen LogP contribution in [0.3, 0.4) is 0 Å². The Labute approximate surface area is 166 Å². The van der Waals surface area contributed by atoms with E-state index in [0.29, 0.717) is 18.8 Å². The molecule has 0 N–H and O–H groups in total. The predicted octanol–water partition coefficient (Wildman–Crippen LogP) is 4.36. The van der Waals surface area contributed by atoms with Crippen LogP contribution in [-0.4, -0.2) is 49.3 Å². The SMILES string of the molecule is CCOC(=O)c1c(C)n(-c2ccc(C)cc2)c2ccc(OCCN(C)C)cc12. The molecule has 0 bridgehead atoms. The van der Waals surface area contributed by atoms with Crippen LogP contribution in [0.25, 0.3) is 16.6 Å². The predicted molar refractivity (Wildman–Crippen MR) is 113 cm³/mol. The van der Waals surface area contributed by atoms with Gasteiger partial charge in [-0.2, -0.15) is 0 Å². The Kier molecular flexibility index (Phi) is 6.05. The minimum absolute atomic E-state index is 0.304. The van der Waals surface area contributed by atoms with Gasteiger partial charge in [-0.05, 0) is 65.2 Å². The highest BCUT2D eigenvalue weighted by Crippen LogP contribution is 2.32. The first-order chi connectivity index (χ1) is 13.4. The summed E-state index contributed by atoms with van der Waals surface area (Å²) in [6, 6.07) is 14.2. The summed E-state index contributed by atoms with van der Waals surface area (Å²) in [5.41, 5.74) is 4.63. The summed E-state index contributed by atoms with van der Waals surface area (Å²) in [6.07, 6.45) is 0. The van der Waals surface area contributed by atoms with E-state index < -0.39 is 0 Å². The van der Waals surface area contributed by atoms with Crippen molar-refractivity contribution >= 4 is 16.9 Å². The van der Waals surface area contributed by atoms with Crippen molar-refractivity contribution in [2.24, 2.45) is 0 Å². The molecule has 0 aliphatic carbocycles. The van der Waals surface area contributed by atoms with Crippen molar-refractivity contribution in [3.8, 4) is 11.4 Å². The van der Waals surface area contributed by atoms with Gasteiger partial charge in [0.2, 0.25) is 0 Å². The van der Waals surface area contributed by atoms with Crippen LogP contribution in [0.15, 0.2) is 42.5 Å². The summed E-state index contributed by atoms with van der Waals surface area (Å²) in [5.74, 6) is 0.447. The minimum atomic E-state index is -0.304. The Morgan fingerprint density at radius 3 is 2.43 bits per heavy atom. The molecule has 148 valence electrons. The third kappa shape index (κ3) is 4.04. The van der Waals surface area contributed by atoms with E-state index in [0.717, 1.165) is 34.6 Å². The maximum atomic E-state index is 12.7. The number of benzene rings is 2. The van der Waals surface area contributed by atoms with E-state index in [2.05, 4.69) is 40.7 Å². The second-order valence-electron chi connectivity index (χ2n) is 7.18. The van der Waals surface area contributed by atoms with Gasteiger partial charge >= 0.3 is 5.97 Å². The lowest BCUT2D eigenvalue weighted by Gasteiger charge is -2.12. The average Bonchev–Trinajstić information content (AvgIpc) is 2.93. The lowest BCUT2D eigenvalue weighted by Crippen LogP contribution is -2.19. The molecule has 0 unspecified atom stereocenters. The molecule has 0 atom stereocenters. The minimum Gasteiger partial charge on any atom is -0.492 e. The van der Waals surface area contributed by atoms with Gasteiger partial charge in [-0.1, -0.05) is 17.7 Å². The number of esters is 1. The Morgan fingerprint density at radius 1 is 1.07 bits per heavy atom. The van der Waals surface area contributed by atoms with Gasteiger partial charge in [0, 0.05) is 23.3 Å². The quantitative estimate of drug-likeness (QED) is 0.571. The molecule has 1 aromatic heterocycles. The largest absolute Gasteiger partial charge is 0.492 e. The first-order valence-corrected chi connectivity index (χ1v) is 9.59. The number of nitrogens with zero attached hydrogens (tertiary/aromatic N) is 2. The van der Waals surface area contributed by atoms with Crippen LogP contribution in [-0.2, 0) is 4.74 Å². The van der Waals surface area contributed by atoms with Crippen LogP contribution < -0.4 is 4.74 Å². The topological polar surface area (TPSA) is 43.7 Å². The molecule has 1 heterocycles. The highest BCUT2D eigenvalue weighted by atomic mass is 16.5. The fraction of sp³-hybridized carbons (Fsp3) is 0.348. The fourth-order valence-electron chi connectivity index (χ4n) is 3.32. The number of hydrogen-bond donors (Lipinski definition) is 0. The van der Waals surface area contributed by atoms with Crippen molar-refractivity contribution in [1.29, 1.82) is 0 Å². The molecule has 3 aromatic rings. The maximum Gasteiger partial charge on any atom is 0.340 e. The molecule has 0 spiro atoms. The zero-order chi connectivity index (χ0) is 20.3. The van der Waals surface area contributed by atoms with Crippen molar-refractivity contribution in [3.63, 3.8) is 0 Å². The standard InChI is InChI=1S/C23H28N2O3/c1-6-27-23(26)22-17(3)25(18-9-7-16(2)8-10-18)21-12-11-19(15-20(21)22)28-14-13-24(4)5/h7-12,15H,6,13-14H2,1-5H3. The number of aryl methyl sites for hydroxylation is 1. The monoisotopic (exact) mass is 380 g/mol. The summed E-state index contributed by atoms with van der Waals surface area (Å²) in [5, 5.41) is 0.846. The molecule has 5 nitrogen and oxygen atoms in total. The summed E-state index contributed by atoms with van der Waals surface area (Å²) in [4.78, 5) is 14.8. The van der Waals surface area contributed by atoms with E-state index in [4.69, 9.17) is 9.47 Å². The van der Waals surface area contributed by atoms with Crippen LogP contribution in [0.4, 0.5) is 0 Å². The number of likely N-dealkylation sites (N-methyl/N-ethyl adjacent to an activating group) is 1. The Balaban J connectivity index is 2.12. The molecule has 0 aliphatic heterocycles. The van der Waals surface area contributed by atoms with Gasteiger partial charge in [-0.15, -0.1) is 0 Å². The molecular weight excluding hydrogens is 352 g/mol. The van der Waals surface area contributed by atoms with E-state index in [-0.39, 0.29) is 5.97 Å². The molecule has 3 rings (SSSR count). The zero-order valence-electron chi connectivity index (χ0n) is 17.3. The molecular formula is C23H28N2O3. The highest BCUT2D eigenvalue weighted by molar-refractivity contribution is 6.07. The van der Waals surface area contributed by atoms with Gasteiger partial charge in [-0.3, -0.25) is 0 Å². The molecule has 0 amide bonds. The number of aromatic nitrogens is 1. The smallest absolute Gasteiger partial charge is 0.340 e. The molecule has 28 heavy (non-hydrogen) atoms. The first kappa shape index (κ1) is 20.0. The van der Waals surface area contributed by atoms with Gasteiger partial charge in [0.1, 0.15) is 12.4 Å². The molecule has 0 saturated heterocycles. The van der Waals surface area contributed by atoms with Gasteiger partial charge < -0.3 is 18.9 Å². The number of carbonyl (C=O) groups excluding carboxylic acids is 1. The van der Waals surface area contributed by atoms with Crippen molar-refractivity contribution in [3.05, 3.63) is 59.3 Å². The second kappa shape index (κ2) is 8.48. The van der Waals surface area contributed by atoms with Gasteiger partial charge in [0.15, 0.2) is 0 Å². The Morgan fingerprint density at radius 2 is 1.79 bits per heavy atom. The molecule has 0 radical (unpaired) electrons. The summed E-state index contributed by atoms with van der Waals surface area (Å²) in [6.45, 7) is 7.60. The number of rotatable bonds is 7. The lowest BCUT2D eigenvalue weighted by molar-refractivity contribution is 0.0527. The number of carbonyl (C=O) groups is 1. The molecule has 5 heteroatoms. The van der Waals surface area contributed by atoms with Crippen molar-refractivity contribution in [2.75, 3.05) is 33.9 Å². The van der Waals surface area contributed by atoms with Crippen LogP contribution in [0.5, 0.6) is 5.75 Å². The first-order valence-electron chi connectivity index (χ1n) is 9.59. The number of fused-ring (bicyclic) bond motifs is 1. The van der Waals surface area contributed by atoms with Gasteiger partial charge in [-0.25, -0.2) is 4.79 Å². The molecule has 0 aliphatic rings.